The zero-order chi connectivity index (χ0) is 16.4. The van der Waals surface area contributed by atoms with Crippen LogP contribution in [0.1, 0.15) is 64.7 Å². The second-order valence-electron chi connectivity index (χ2n) is 8.99. The van der Waals surface area contributed by atoms with E-state index in [1.54, 1.807) is 0 Å². The molecule has 2 heteroatoms. The predicted octanol–water partition coefficient (Wildman–Crippen LogP) is 4.84. The van der Waals surface area contributed by atoms with E-state index in [0.717, 1.165) is 37.2 Å². The van der Waals surface area contributed by atoms with Gasteiger partial charge in [-0.25, -0.2) is 0 Å². The van der Waals surface area contributed by atoms with Gasteiger partial charge in [0.05, 0.1) is 12.2 Å². The van der Waals surface area contributed by atoms with Crippen LogP contribution in [0.15, 0.2) is 23.8 Å². The van der Waals surface area contributed by atoms with Crippen molar-refractivity contribution in [2.75, 3.05) is 6.61 Å². The van der Waals surface area contributed by atoms with Crippen molar-refractivity contribution < 1.29 is 9.53 Å². The summed E-state index contributed by atoms with van der Waals surface area (Å²) in [6, 6.07) is 0. The van der Waals surface area contributed by atoms with E-state index >= 15 is 0 Å². The van der Waals surface area contributed by atoms with Gasteiger partial charge in [-0.3, -0.25) is 4.79 Å². The number of allylic oxidation sites excluding steroid dienone is 1. The fourth-order valence-corrected chi connectivity index (χ4v) is 7.72. The average Bonchev–Trinajstić information content (AvgIpc) is 3.21. The quantitative estimate of drug-likeness (QED) is 0.644. The fraction of sp³-hybridized carbons (Fsp3) is 0.773. The lowest BCUT2D eigenvalue weighted by molar-refractivity contribution is -0.124. The molecule has 5 aliphatic rings. The Balaban J connectivity index is 1.49. The smallest absolute Gasteiger partial charge is 0.155 e. The Morgan fingerprint density at radius 1 is 1.12 bits per heavy atom. The van der Waals surface area contributed by atoms with Crippen LogP contribution in [0.3, 0.4) is 0 Å². The highest BCUT2D eigenvalue weighted by atomic mass is 16.5. The van der Waals surface area contributed by atoms with Gasteiger partial charge in [-0.1, -0.05) is 24.6 Å². The van der Waals surface area contributed by atoms with E-state index in [4.69, 9.17) is 4.74 Å². The number of carbonyl (C=O) groups is 1. The molecule has 0 unspecified atom stereocenters. The van der Waals surface area contributed by atoms with Crippen molar-refractivity contribution in [1.82, 2.24) is 0 Å². The van der Waals surface area contributed by atoms with Crippen LogP contribution in [0.4, 0.5) is 0 Å². The highest BCUT2D eigenvalue weighted by molar-refractivity contribution is 5.91. The van der Waals surface area contributed by atoms with E-state index < -0.39 is 0 Å². The van der Waals surface area contributed by atoms with E-state index in [1.165, 1.54) is 50.5 Å². The zero-order valence-corrected chi connectivity index (χ0v) is 14.9. The van der Waals surface area contributed by atoms with Crippen molar-refractivity contribution in [1.29, 1.82) is 0 Å². The molecule has 4 aliphatic carbocycles. The van der Waals surface area contributed by atoms with Gasteiger partial charge < -0.3 is 4.74 Å². The molecule has 5 rings (SSSR count). The molecule has 0 radical (unpaired) electrons. The summed E-state index contributed by atoms with van der Waals surface area (Å²) in [5, 5.41) is 0. The first-order valence-corrected chi connectivity index (χ1v) is 10.2. The number of hydrogen-bond acceptors (Lipinski definition) is 2. The van der Waals surface area contributed by atoms with Gasteiger partial charge in [0.1, 0.15) is 0 Å². The summed E-state index contributed by atoms with van der Waals surface area (Å²) in [5.74, 6) is 3.63. The average molecular weight is 326 g/mol. The summed E-state index contributed by atoms with van der Waals surface area (Å²) >= 11 is 0. The highest BCUT2D eigenvalue weighted by Crippen LogP contribution is 2.68. The molecule has 1 heterocycles. The summed E-state index contributed by atoms with van der Waals surface area (Å²) in [6.07, 6.45) is 17.6. The molecular weight excluding hydrogens is 296 g/mol. The topological polar surface area (TPSA) is 26.3 Å². The van der Waals surface area contributed by atoms with Gasteiger partial charge >= 0.3 is 0 Å². The lowest BCUT2D eigenvalue weighted by Gasteiger charge is -2.56. The van der Waals surface area contributed by atoms with E-state index in [2.05, 4.69) is 19.1 Å². The number of hydrogen-bond donors (Lipinski definition) is 0. The minimum absolute atomic E-state index is 0.0516. The normalized spacial score (nSPS) is 49.7. The second-order valence-corrected chi connectivity index (χ2v) is 8.99. The van der Waals surface area contributed by atoms with Gasteiger partial charge in [-0.15, -0.1) is 0 Å². The fourth-order valence-electron chi connectivity index (χ4n) is 7.72. The molecule has 0 bridgehead atoms. The summed E-state index contributed by atoms with van der Waals surface area (Å²) in [6.45, 7) is 3.23. The Kier molecular flexibility index (Phi) is 3.40. The van der Waals surface area contributed by atoms with Crippen molar-refractivity contribution in [2.45, 2.75) is 70.3 Å². The molecule has 0 aromatic heterocycles. The van der Waals surface area contributed by atoms with E-state index in [1.807, 2.05) is 6.08 Å². The number of ether oxygens (including phenoxy) is 1. The lowest BCUT2D eigenvalue weighted by Crippen LogP contribution is -2.53. The summed E-state index contributed by atoms with van der Waals surface area (Å²) < 4.78 is 6.40. The molecule has 0 amide bonds. The first-order chi connectivity index (χ1) is 11.7. The Morgan fingerprint density at radius 3 is 2.83 bits per heavy atom. The van der Waals surface area contributed by atoms with Crippen LogP contribution in [0.25, 0.3) is 0 Å². The third-order valence-electron chi connectivity index (χ3n) is 8.63. The first kappa shape index (κ1) is 15.4. The Morgan fingerprint density at radius 2 is 2.04 bits per heavy atom. The first-order valence-electron chi connectivity index (χ1n) is 10.2. The van der Waals surface area contributed by atoms with Crippen molar-refractivity contribution in [2.24, 2.45) is 29.1 Å². The molecule has 24 heavy (non-hydrogen) atoms. The molecule has 0 saturated heterocycles. The number of fused-ring (bicyclic) bond motifs is 6. The molecule has 0 aromatic carbocycles. The van der Waals surface area contributed by atoms with E-state index in [-0.39, 0.29) is 5.60 Å². The molecule has 1 spiro atoms. The third-order valence-corrected chi connectivity index (χ3v) is 8.63. The van der Waals surface area contributed by atoms with Gasteiger partial charge in [-0.05, 0) is 81.1 Å². The van der Waals surface area contributed by atoms with Gasteiger partial charge in [0, 0.05) is 11.8 Å². The molecule has 6 atom stereocenters. The summed E-state index contributed by atoms with van der Waals surface area (Å²) in [4.78, 5) is 11.8. The van der Waals surface area contributed by atoms with Crippen LogP contribution >= 0.6 is 0 Å². The predicted molar refractivity (Wildman–Crippen MR) is 94.5 cm³/mol. The van der Waals surface area contributed by atoms with Crippen LogP contribution in [0.5, 0.6) is 0 Å². The van der Waals surface area contributed by atoms with E-state index in [9.17, 15) is 4.79 Å². The molecule has 1 aliphatic heterocycles. The second kappa shape index (κ2) is 5.30. The molecule has 0 N–H and O–H groups in total. The highest BCUT2D eigenvalue weighted by Gasteiger charge is 2.64. The van der Waals surface area contributed by atoms with Gasteiger partial charge in [0.25, 0.3) is 0 Å². The van der Waals surface area contributed by atoms with E-state index in [0.29, 0.717) is 17.1 Å². The van der Waals surface area contributed by atoms with Crippen LogP contribution in [-0.2, 0) is 9.53 Å². The monoisotopic (exact) mass is 326 g/mol. The lowest BCUT2D eigenvalue weighted by atomic mass is 9.49. The Bertz CT molecular complexity index is 617. The third kappa shape index (κ3) is 1.84. The molecule has 0 aromatic rings. The molecule has 3 fully saturated rings. The van der Waals surface area contributed by atoms with Crippen molar-refractivity contribution in [3.63, 3.8) is 0 Å². The van der Waals surface area contributed by atoms with Gasteiger partial charge in [0.15, 0.2) is 5.78 Å². The summed E-state index contributed by atoms with van der Waals surface area (Å²) in [5.41, 5.74) is 1.93. The van der Waals surface area contributed by atoms with Crippen molar-refractivity contribution in [3.8, 4) is 0 Å². The van der Waals surface area contributed by atoms with Gasteiger partial charge in [-0.2, -0.15) is 0 Å². The molecule has 3 saturated carbocycles. The maximum Gasteiger partial charge on any atom is 0.155 e. The molecular formula is C22H30O2. The molecule has 2 nitrogen and oxygen atoms in total. The maximum absolute atomic E-state index is 11.8. The Labute approximate surface area is 145 Å². The summed E-state index contributed by atoms with van der Waals surface area (Å²) in [7, 11) is 0. The van der Waals surface area contributed by atoms with Crippen LogP contribution < -0.4 is 0 Å². The van der Waals surface area contributed by atoms with Crippen molar-refractivity contribution >= 4 is 5.78 Å². The number of ketones is 1. The standard InChI is InChI=1S/C22H30O2/c1-2-21-11-8-18-17-7-5-16(23)14-15(17)4-6-19(18)20(21)9-12-22(21)10-3-13-24-22/h3,10,14,17-20H,2,4-9,11-13H2,1H3/t17-,18+,19+,20-,21-,22-/m0/s1. The Hall–Kier alpha value is -0.890. The minimum atomic E-state index is 0.0516. The largest absolute Gasteiger partial charge is 0.366 e. The number of carbonyl (C=O) groups excluding carboxylic acids is 1. The minimum Gasteiger partial charge on any atom is -0.366 e. The SMILES string of the molecule is CC[C@]12CC[C@H]3[C@@H](CCC4=CC(=O)CC[C@@H]43)[C@@H]1CC[C@@]21C=CCO1. The maximum atomic E-state index is 11.8. The number of rotatable bonds is 1. The van der Waals surface area contributed by atoms with Crippen molar-refractivity contribution in [3.05, 3.63) is 23.8 Å². The van der Waals surface area contributed by atoms with Crippen LogP contribution in [-0.4, -0.2) is 18.0 Å². The molecule has 130 valence electrons. The zero-order valence-electron chi connectivity index (χ0n) is 14.9. The van der Waals surface area contributed by atoms with Crippen LogP contribution in [0.2, 0.25) is 0 Å². The van der Waals surface area contributed by atoms with Gasteiger partial charge in [0.2, 0.25) is 0 Å². The van der Waals surface area contributed by atoms with Crippen LogP contribution in [0, 0.1) is 29.1 Å².